The summed E-state index contributed by atoms with van der Waals surface area (Å²) in [5.41, 5.74) is 7.84. The minimum Gasteiger partial charge on any atom is -0.478 e. The largest absolute Gasteiger partial charge is 0.478 e. The van der Waals surface area contributed by atoms with Crippen LogP contribution in [0.4, 0.5) is 15.8 Å². The Kier molecular flexibility index (Phi) is 3.94. The zero-order valence-electron chi connectivity index (χ0n) is 13.1. The first kappa shape index (κ1) is 15.3. The topological polar surface area (TPSA) is 55.6 Å². The highest BCUT2D eigenvalue weighted by atomic mass is 19.1. The van der Waals surface area contributed by atoms with Crippen LogP contribution in [-0.2, 0) is 11.2 Å². The molecule has 0 fully saturated rings. The third-order valence-electron chi connectivity index (χ3n) is 3.85. The minimum absolute atomic E-state index is 0.0104. The number of carbonyl (C=O) groups is 1. The SMILES string of the molecule is CC(C)N1C(=O)C(Cc2cccc(F)c2)Oc2cc(N)ccc21. The molecule has 0 aliphatic carbocycles. The Bertz CT molecular complexity index is 746. The van der Waals surface area contributed by atoms with Gasteiger partial charge in [-0.1, -0.05) is 12.1 Å². The van der Waals surface area contributed by atoms with E-state index in [1.54, 1.807) is 35.2 Å². The summed E-state index contributed by atoms with van der Waals surface area (Å²) < 4.78 is 19.2. The highest BCUT2D eigenvalue weighted by Crippen LogP contribution is 2.37. The third-order valence-corrected chi connectivity index (χ3v) is 3.85. The van der Waals surface area contributed by atoms with E-state index in [2.05, 4.69) is 0 Å². The molecule has 1 atom stereocenters. The number of hydrogen-bond acceptors (Lipinski definition) is 3. The zero-order chi connectivity index (χ0) is 16.6. The van der Waals surface area contributed by atoms with E-state index >= 15 is 0 Å². The van der Waals surface area contributed by atoms with Gasteiger partial charge >= 0.3 is 0 Å². The van der Waals surface area contributed by atoms with Gasteiger partial charge in [-0.15, -0.1) is 0 Å². The van der Waals surface area contributed by atoms with Crippen molar-refractivity contribution >= 4 is 17.3 Å². The molecule has 1 heterocycles. The molecule has 23 heavy (non-hydrogen) atoms. The molecule has 0 aromatic heterocycles. The first-order chi connectivity index (χ1) is 11.0. The van der Waals surface area contributed by atoms with E-state index in [1.807, 2.05) is 13.8 Å². The second kappa shape index (κ2) is 5.91. The van der Waals surface area contributed by atoms with Crippen molar-refractivity contribution in [2.45, 2.75) is 32.4 Å². The van der Waals surface area contributed by atoms with Gasteiger partial charge in [-0.2, -0.15) is 0 Å². The van der Waals surface area contributed by atoms with Gasteiger partial charge in [0.25, 0.3) is 5.91 Å². The van der Waals surface area contributed by atoms with Crippen LogP contribution < -0.4 is 15.4 Å². The number of halogens is 1. The quantitative estimate of drug-likeness (QED) is 0.886. The Hall–Kier alpha value is -2.56. The molecule has 2 N–H and O–H groups in total. The van der Waals surface area contributed by atoms with Crippen LogP contribution in [0.5, 0.6) is 5.75 Å². The number of rotatable bonds is 3. The summed E-state index contributed by atoms with van der Waals surface area (Å²) in [6, 6.07) is 11.5. The number of hydrogen-bond donors (Lipinski definition) is 1. The van der Waals surface area contributed by atoms with Crippen molar-refractivity contribution in [3.05, 3.63) is 53.8 Å². The number of nitrogen functional groups attached to an aromatic ring is 1. The summed E-state index contributed by atoms with van der Waals surface area (Å²) in [5, 5.41) is 0. The van der Waals surface area contributed by atoms with Gasteiger partial charge in [0.1, 0.15) is 11.6 Å². The molecule has 1 aliphatic heterocycles. The second-order valence-electron chi connectivity index (χ2n) is 5.97. The highest BCUT2D eigenvalue weighted by molar-refractivity contribution is 6.00. The van der Waals surface area contributed by atoms with Crippen LogP contribution in [0.15, 0.2) is 42.5 Å². The van der Waals surface area contributed by atoms with Crippen LogP contribution in [0.1, 0.15) is 19.4 Å². The summed E-state index contributed by atoms with van der Waals surface area (Å²) in [6.07, 6.45) is -0.373. The lowest BCUT2D eigenvalue weighted by Crippen LogP contribution is -2.50. The Labute approximate surface area is 134 Å². The van der Waals surface area contributed by atoms with E-state index in [0.29, 0.717) is 17.9 Å². The molecule has 2 aromatic carbocycles. The minimum atomic E-state index is -0.687. The summed E-state index contributed by atoms with van der Waals surface area (Å²) in [4.78, 5) is 14.5. The molecule has 2 aromatic rings. The Morgan fingerprint density at radius 3 is 2.74 bits per heavy atom. The molecule has 0 saturated heterocycles. The summed E-state index contributed by atoms with van der Waals surface area (Å²) in [6.45, 7) is 3.89. The lowest BCUT2D eigenvalue weighted by Gasteiger charge is -2.37. The predicted octanol–water partition coefficient (Wildman–Crippen LogP) is 3.15. The van der Waals surface area contributed by atoms with E-state index < -0.39 is 6.10 Å². The number of nitrogens with two attached hydrogens (primary N) is 1. The van der Waals surface area contributed by atoms with Crippen LogP contribution in [0.25, 0.3) is 0 Å². The van der Waals surface area contributed by atoms with Gasteiger partial charge < -0.3 is 15.4 Å². The maximum atomic E-state index is 13.4. The van der Waals surface area contributed by atoms with Crippen LogP contribution in [0.3, 0.4) is 0 Å². The van der Waals surface area contributed by atoms with Crippen LogP contribution >= 0.6 is 0 Å². The van der Waals surface area contributed by atoms with Gasteiger partial charge in [0.05, 0.1) is 5.69 Å². The number of benzene rings is 2. The van der Waals surface area contributed by atoms with Gasteiger partial charge in [0.15, 0.2) is 6.10 Å². The first-order valence-electron chi connectivity index (χ1n) is 7.59. The molecule has 1 unspecified atom stereocenters. The molecule has 1 aliphatic rings. The van der Waals surface area contributed by atoms with Gasteiger partial charge in [0.2, 0.25) is 0 Å². The van der Waals surface area contributed by atoms with Crippen molar-refractivity contribution in [2.75, 3.05) is 10.6 Å². The molecule has 120 valence electrons. The van der Waals surface area contributed by atoms with E-state index in [4.69, 9.17) is 10.5 Å². The maximum Gasteiger partial charge on any atom is 0.268 e. The molecule has 0 radical (unpaired) electrons. The van der Waals surface area contributed by atoms with Crippen LogP contribution in [-0.4, -0.2) is 18.1 Å². The Morgan fingerprint density at radius 2 is 2.04 bits per heavy atom. The van der Waals surface area contributed by atoms with Crippen molar-refractivity contribution in [1.29, 1.82) is 0 Å². The van der Waals surface area contributed by atoms with Crippen LogP contribution in [0.2, 0.25) is 0 Å². The fourth-order valence-corrected chi connectivity index (χ4v) is 2.84. The fourth-order valence-electron chi connectivity index (χ4n) is 2.84. The summed E-state index contributed by atoms with van der Waals surface area (Å²) in [5.74, 6) is 0.136. The molecular formula is C18H19FN2O2. The average Bonchev–Trinajstić information content (AvgIpc) is 2.48. The summed E-state index contributed by atoms with van der Waals surface area (Å²) >= 11 is 0. The smallest absolute Gasteiger partial charge is 0.268 e. The molecule has 1 amide bonds. The lowest BCUT2D eigenvalue weighted by molar-refractivity contribution is -0.126. The monoisotopic (exact) mass is 314 g/mol. The van der Waals surface area contributed by atoms with Crippen molar-refractivity contribution < 1.29 is 13.9 Å². The predicted molar refractivity (Wildman–Crippen MR) is 88.0 cm³/mol. The van der Waals surface area contributed by atoms with Gasteiger partial charge in [-0.3, -0.25) is 4.79 Å². The standard InChI is InChI=1S/C18H19FN2O2/c1-11(2)21-15-7-6-14(20)10-16(15)23-17(18(21)22)9-12-4-3-5-13(19)8-12/h3-8,10-11,17H,9,20H2,1-2H3. The molecule has 5 heteroatoms. The molecule has 4 nitrogen and oxygen atoms in total. The molecule has 3 rings (SSSR count). The second-order valence-corrected chi connectivity index (χ2v) is 5.97. The number of fused-ring (bicyclic) bond motifs is 1. The number of nitrogens with zero attached hydrogens (tertiary/aromatic N) is 1. The summed E-state index contributed by atoms with van der Waals surface area (Å²) in [7, 11) is 0. The van der Waals surface area contributed by atoms with Crippen molar-refractivity contribution in [2.24, 2.45) is 0 Å². The number of anilines is 2. The first-order valence-corrected chi connectivity index (χ1v) is 7.59. The lowest BCUT2D eigenvalue weighted by atomic mass is 10.0. The zero-order valence-corrected chi connectivity index (χ0v) is 13.1. The number of amides is 1. The Morgan fingerprint density at radius 1 is 1.26 bits per heavy atom. The van der Waals surface area contributed by atoms with Crippen LogP contribution in [0, 0.1) is 5.82 Å². The molecule has 0 saturated carbocycles. The average molecular weight is 314 g/mol. The molecular weight excluding hydrogens is 295 g/mol. The van der Waals surface area contributed by atoms with E-state index in [9.17, 15) is 9.18 Å². The van der Waals surface area contributed by atoms with Crippen molar-refractivity contribution in [1.82, 2.24) is 0 Å². The van der Waals surface area contributed by atoms with Gasteiger partial charge in [0, 0.05) is 24.2 Å². The maximum absolute atomic E-state index is 13.4. The molecule has 0 spiro atoms. The third kappa shape index (κ3) is 2.99. The van der Waals surface area contributed by atoms with E-state index in [-0.39, 0.29) is 17.8 Å². The Balaban J connectivity index is 1.95. The van der Waals surface area contributed by atoms with Gasteiger partial charge in [-0.05, 0) is 43.7 Å². The molecule has 0 bridgehead atoms. The van der Waals surface area contributed by atoms with Crippen molar-refractivity contribution in [3.8, 4) is 5.75 Å². The number of ether oxygens (including phenoxy) is 1. The highest BCUT2D eigenvalue weighted by Gasteiger charge is 2.35. The van der Waals surface area contributed by atoms with E-state index in [0.717, 1.165) is 11.3 Å². The van der Waals surface area contributed by atoms with Crippen molar-refractivity contribution in [3.63, 3.8) is 0 Å². The normalized spacial score (nSPS) is 17.1. The van der Waals surface area contributed by atoms with E-state index in [1.165, 1.54) is 12.1 Å². The van der Waals surface area contributed by atoms with Gasteiger partial charge in [-0.25, -0.2) is 4.39 Å². The fraction of sp³-hybridized carbons (Fsp3) is 0.278. The number of carbonyl (C=O) groups excluding carboxylic acids is 1.